The van der Waals surface area contributed by atoms with Crippen LogP contribution >= 0.6 is 15.9 Å². The van der Waals surface area contributed by atoms with Gasteiger partial charge in [0.1, 0.15) is 5.82 Å². The molecule has 0 unspecified atom stereocenters. The van der Waals surface area contributed by atoms with Gasteiger partial charge in [-0.05, 0) is 65.2 Å². The van der Waals surface area contributed by atoms with Gasteiger partial charge in [0.05, 0.1) is 17.1 Å². The normalized spacial score (nSPS) is 11.4. The number of rotatable bonds is 6. The third-order valence-corrected chi connectivity index (χ3v) is 5.80. The van der Waals surface area contributed by atoms with E-state index in [1.807, 2.05) is 0 Å². The van der Waals surface area contributed by atoms with Gasteiger partial charge in [0.25, 0.3) is 0 Å². The highest BCUT2D eigenvalue weighted by Gasteiger charge is 2.19. The van der Waals surface area contributed by atoms with E-state index in [-0.39, 0.29) is 33.9 Å². The Balaban J connectivity index is 2.18. The summed E-state index contributed by atoms with van der Waals surface area (Å²) < 4.78 is 45.8. The molecule has 0 bridgehead atoms. The van der Waals surface area contributed by atoms with Crippen molar-refractivity contribution in [2.75, 3.05) is 6.61 Å². The molecule has 8 heteroatoms. The maximum atomic E-state index is 13.3. The highest BCUT2D eigenvalue weighted by molar-refractivity contribution is 9.10. The van der Waals surface area contributed by atoms with Crippen molar-refractivity contribution < 1.29 is 22.3 Å². The Hall–Kier alpha value is -1.77. The molecule has 0 saturated carbocycles. The topological polar surface area (TPSA) is 72.5 Å². The smallest absolute Gasteiger partial charge is 0.338 e. The molecule has 0 spiro atoms. The number of sulfonamides is 1. The second-order valence-corrected chi connectivity index (χ2v) is 7.86. The zero-order valence-corrected chi connectivity index (χ0v) is 16.1. The van der Waals surface area contributed by atoms with Gasteiger partial charge in [0, 0.05) is 11.0 Å². The van der Waals surface area contributed by atoms with Crippen molar-refractivity contribution in [2.45, 2.75) is 25.3 Å². The Labute approximate surface area is 154 Å². The standard InChI is InChI=1S/C17H17BrFNO4S/c1-3-24-17(21)13-5-7-16(14(18)9-13)25(22,23)20-10-12-4-6-15(19)11(2)8-12/h4-9,20H,3,10H2,1-2H3. The predicted molar refractivity (Wildman–Crippen MR) is 95.3 cm³/mol. The lowest BCUT2D eigenvalue weighted by Gasteiger charge is -2.10. The molecular weight excluding hydrogens is 413 g/mol. The van der Waals surface area contributed by atoms with Crippen LogP contribution in [0.15, 0.2) is 45.8 Å². The second kappa shape index (κ2) is 8.07. The number of esters is 1. The van der Waals surface area contributed by atoms with Gasteiger partial charge in [0.2, 0.25) is 10.0 Å². The molecule has 0 aliphatic heterocycles. The third-order valence-electron chi connectivity index (χ3n) is 3.42. The van der Waals surface area contributed by atoms with E-state index in [2.05, 4.69) is 20.7 Å². The van der Waals surface area contributed by atoms with Gasteiger partial charge >= 0.3 is 5.97 Å². The highest BCUT2D eigenvalue weighted by Crippen LogP contribution is 2.24. The fourth-order valence-electron chi connectivity index (χ4n) is 2.13. The lowest BCUT2D eigenvalue weighted by Crippen LogP contribution is -2.24. The van der Waals surface area contributed by atoms with Crippen molar-refractivity contribution in [1.29, 1.82) is 0 Å². The van der Waals surface area contributed by atoms with Crippen LogP contribution in [0.3, 0.4) is 0 Å². The molecule has 0 radical (unpaired) electrons. The first kappa shape index (κ1) is 19.6. The summed E-state index contributed by atoms with van der Waals surface area (Å²) in [5.41, 5.74) is 1.33. The molecule has 2 rings (SSSR count). The van der Waals surface area contributed by atoms with Crippen molar-refractivity contribution in [2.24, 2.45) is 0 Å². The molecule has 0 aromatic heterocycles. The average Bonchev–Trinajstić information content (AvgIpc) is 2.56. The number of ether oxygens (including phenoxy) is 1. The number of carbonyl (C=O) groups is 1. The molecule has 2 aromatic carbocycles. The van der Waals surface area contributed by atoms with Gasteiger partial charge in [-0.1, -0.05) is 12.1 Å². The predicted octanol–water partition coefficient (Wildman–Crippen LogP) is 3.55. The van der Waals surface area contributed by atoms with Crippen molar-refractivity contribution >= 4 is 31.9 Å². The van der Waals surface area contributed by atoms with Crippen molar-refractivity contribution in [1.82, 2.24) is 4.72 Å². The maximum absolute atomic E-state index is 13.3. The first-order valence-corrected chi connectivity index (χ1v) is 9.73. The van der Waals surface area contributed by atoms with Crippen molar-refractivity contribution in [3.63, 3.8) is 0 Å². The Bertz CT molecular complexity index is 900. The molecule has 0 atom stereocenters. The van der Waals surface area contributed by atoms with Crippen LogP contribution < -0.4 is 4.72 Å². The number of nitrogens with one attached hydrogen (secondary N) is 1. The molecule has 2 aromatic rings. The van der Waals surface area contributed by atoms with Crippen LogP contribution in [-0.2, 0) is 21.3 Å². The molecule has 5 nitrogen and oxygen atoms in total. The first-order chi connectivity index (χ1) is 11.7. The van der Waals surface area contributed by atoms with E-state index in [0.29, 0.717) is 11.1 Å². The van der Waals surface area contributed by atoms with Crippen LogP contribution in [0.25, 0.3) is 0 Å². The van der Waals surface area contributed by atoms with Crippen LogP contribution in [0.4, 0.5) is 4.39 Å². The summed E-state index contributed by atoms with van der Waals surface area (Å²) in [5, 5.41) is 0. The lowest BCUT2D eigenvalue weighted by atomic mass is 10.1. The van der Waals surface area contributed by atoms with E-state index >= 15 is 0 Å². The van der Waals surface area contributed by atoms with E-state index in [1.165, 1.54) is 30.3 Å². The first-order valence-electron chi connectivity index (χ1n) is 7.46. The molecule has 1 N–H and O–H groups in total. The summed E-state index contributed by atoms with van der Waals surface area (Å²) in [6.07, 6.45) is 0. The number of carbonyl (C=O) groups excluding carboxylic acids is 1. The van der Waals surface area contributed by atoms with E-state index in [9.17, 15) is 17.6 Å². The van der Waals surface area contributed by atoms with E-state index in [1.54, 1.807) is 19.9 Å². The lowest BCUT2D eigenvalue weighted by molar-refractivity contribution is 0.0526. The Morgan fingerprint density at radius 3 is 2.56 bits per heavy atom. The molecule has 0 amide bonds. The van der Waals surface area contributed by atoms with Crippen LogP contribution in [-0.4, -0.2) is 21.0 Å². The number of halogens is 2. The Kier molecular flexibility index (Phi) is 6.31. The minimum Gasteiger partial charge on any atom is -0.462 e. The molecule has 0 saturated heterocycles. The summed E-state index contributed by atoms with van der Waals surface area (Å²) in [6.45, 7) is 3.55. The molecular formula is C17H17BrFNO4S. The summed E-state index contributed by atoms with van der Waals surface area (Å²) >= 11 is 3.17. The highest BCUT2D eigenvalue weighted by atomic mass is 79.9. The summed E-state index contributed by atoms with van der Waals surface area (Å²) in [7, 11) is -3.81. The number of hydrogen-bond donors (Lipinski definition) is 1. The zero-order chi connectivity index (χ0) is 18.6. The third kappa shape index (κ3) is 4.87. The van der Waals surface area contributed by atoms with Crippen LogP contribution in [0, 0.1) is 12.7 Å². The largest absolute Gasteiger partial charge is 0.462 e. The number of aryl methyl sites for hydroxylation is 1. The van der Waals surface area contributed by atoms with E-state index in [4.69, 9.17) is 4.74 Å². The molecule has 25 heavy (non-hydrogen) atoms. The molecule has 0 aliphatic rings. The van der Waals surface area contributed by atoms with Crippen LogP contribution in [0.5, 0.6) is 0 Å². The minimum absolute atomic E-state index is 0.000572. The fraction of sp³-hybridized carbons (Fsp3) is 0.235. The van der Waals surface area contributed by atoms with E-state index in [0.717, 1.165) is 0 Å². The second-order valence-electron chi connectivity index (χ2n) is 5.27. The van der Waals surface area contributed by atoms with Gasteiger partial charge in [0.15, 0.2) is 0 Å². The summed E-state index contributed by atoms with van der Waals surface area (Å²) in [5.74, 6) is -0.870. The zero-order valence-electron chi connectivity index (χ0n) is 13.7. The fourth-order valence-corrected chi connectivity index (χ4v) is 4.23. The van der Waals surface area contributed by atoms with Crippen molar-refractivity contribution in [3.8, 4) is 0 Å². The quantitative estimate of drug-likeness (QED) is 0.712. The summed E-state index contributed by atoms with van der Waals surface area (Å²) in [6, 6.07) is 8.51. The monoisotopic (exact) mass is 429 g/mol. The Morgan fingerprint density at radius 2 is 1.96 bits per heavy atom. The van der Waals surface area contributed by atoms with Crippen LogP contribution in [0.1, 0.15) is 28.4 Å². The summed E-state index contributed by atoms with van der Waals surface area (Å²) in [4.78, 5) is 11.7. The van der Waals surface area contributed by atoms with Gasteiger partial charge in [-0.25, -0.2) is 22.3 Å². The van der Waals surface area contributed by atoms with Gasteiger partial charge in [-0.15, -0.1) is 0 Å². The number of hydrogen-bond acceptors (Lipinski definition) is 4. The molecule has 134 valence electrons. The van der Waals surface area contributed by atoms with E-state index < -0.39 is 16.0 Å². The number of benzene rings is 2. The van der Waals surface area contributed by atoms with Gasteiger partial charge in [-0.2, -0.15) is 0 Å². The Morgan fingerprint density at radius 1 is 1.24 bits per heavy atom. The molecule has 0 heterocycles. The average molecular weight is 430 g/mol. The minimum atomic E-state index is -3.81. The van der Waals surface area contributed by atoms with Crippen molar-refractivity contribution in [3.05, 3.63) is 63.4 Å². The molecule has 0 aliphatic carbocycles. The SMILES string of the molecule is CCOC(=O)c1ccc(S(=O)(=O)NCc2ccc(F)c(C)c2)c(Br)c1. The van der Waals surface area contributed by atoms with Gasteiger partial charge < -0.3 is 4.74 Å². The van der Waals surface area contributed by atoms with Gasteiger partial charge in [-0.3, -0.25) is 0 Å². The maximum Gasteiger partial charge on any atom is 0.338 e. The molecule has 0 fully saturated rings. The van der Waals surface area contributed by atoms with Crippen LogP contribution in [0.2, 0.25) is 0 Å².